The summed E-state index contributed by atoms with van der Waals surface area (Å²) in [5, 5.41) is 9.42. The Kier molecular flexibility index (Phi) is 8.39. The molecule has 0 bridgehead atoms. The van der Waals surface area contributed by atoms with Crippen LogP contribution < -0.4 is 20.2 Å². The van der Waals surface area contributed by atoms with Gasteiger partial charge >= 0.3 is 0 Å². The number of ether oxygens (including phenoxy) is 2. The molecule has 178 valence electrons. The molecular weight excluding hydrogens is 574 g/mol. The van der Waals surface area contributed by atoms with Gasteiger partial charge in [0.15, 0.2) is 11.5 Å². The van der Waals surface area contributed by atoms with E-state index in [1.54, 1.807) is 19.4 Å². The van der Waals surface area contributed by atoms with E-state index in [1.165, 1.54) is 0 Å². The molecule has 0 atom stereocenters. The van der Waals surface area contributed by atoms with E-state index in [4.69, 9.17) is 9.47 Å². The summed E-state index contributed by atoms with van der Waals surface area (Å²) in [5.41, 5.74) is 5.22. The Morgan fingerprint density at radius 3 is 2.57 bits per heavy atom. The molecule has 0 radical (unpaired) electrons. The normalized spacial score (nSPS) is 10.9. The second-order valence-electron chi connectivity index (χ2n) is 7.62. The minimum atomic E-state index is -0.255. The first-order valence-corrected chi connectivity index (χ1v) is 12.4. The van der Waals surface area contributed by atoms with Gasteiger partial charge in [-0.1, -0.05) is 64.5 Å². The molecule has 2 N–H and O–H groups in total. The zero-order chi connectivity index (χ0) is 24.6. The van der Waals surface area contributed by atoms with Crippen LogP contribution in [0.4, 0.5) is 5.69 Å². The van der Waals surface area contributed by atoms with Gasteiger partial charge in [0, 0.05) is 15.5 Å². The third-order valence-electron chi connectivity index (χ3n) is 5.18. The van der Waals surface area contributed by atoms with Gasteiger partial charge in [-0.2, -0.15) is 5.10 Å². The molecule has 0 aliphatic carbocycles. The summed E-state index contributed by atoms with van der Waals surface area (Å²) in [6.45, 7) is 0.497. The number of carbonyl (C=O) groups is 1. The number of benzene rings is 4. The number of anilines is 1. The summed E-state index contributed by atoms with van der Waals surface area (Å²) in [6, 6.07) is 25.5. The SMILES string of the molecule is COc1cc(/C=N\NC(=O)CNc2cccc3ccccc23)cc(Br)c1OCc1ccc(Br)cc1. The number of amides is 1. The average Bonchev–Trinajstić information content (AvgIpc) is 2.87. The molecule has 6 nitrogen and oxygen atoms in total. The zero-order valence-corrected chi connectivity index (χ0v) is 22.1. The van der Waals surface area contributed by atoms with E-state index in [9.17, 15) is 4.79 Å². The van der Waals surface area contributed by atoms with Crippen molar-refractivity contribution in [1.82, 2.24) is 5.43 Å². The first-order chi connectivity index (χ1) is 17.0. The highest BCUT2D eigenvalue weighted by molar-refractivity contribution is 9.10. The lowest BCUT2D eigenvalue weighted by molar-refractivity contribution is -0.119. The molecule has 0 aliphatic heterocycles. The summed E-state index contributed by atoms with van der Waals surface area (Å²) in [7, 11) is 1.58. The van der Waals surface area contributed by atoms with Crippen molar-refractivity contribution < 1.29 is 14.3 Å². The standard InChI is InChI=1S/C27H23Br2N3O3/c1-34-25-14-19(13-23(29)27(25)35-17-18-9-11-21(28)12-10-18)15-31-32-26(33)16-30-24-8-4-6-20-5-2-3-7-22(20)24/h2-15,30H,16-17H2,1H3,(H,32,33)/b31-15-. The van der Waals surface area contributed by atoms with Crippen molar-refractivity contribution in [2.75, 3.05) is 19.0 Å². The molecule has 0 spiro atoms. The molecule has 1 amide bonds. The maximum atomic E-state index is 12.3. The lowest BCUT2D eigenvalue weighted by Gasteiger charge is -2.13. The predicted molar refractivity (Wildman–Crippen MR) is 147 cm³/mol. The van der Waals surface area contributed by atoms with E-state index in [1.807, 2.05) is 72.8 Å². The number of nitrogens with zero attached hydrogens (tertiary/aromatic N) is 1. The fourth-order valence-corrected chi connectivity index (χ4v) is 4.30. The summed E-state index contributed by atoms with van der Waals surface area (Å²) in [4.78, 5) is 12.3. The molecule has 35 heavy (non-hydrogen) atoms. The van der Waals surface area contributed by atoms with Gasteiger partial charge in [0.2, 0.25) is 0 Å². The van der Waals surface area contributed by atoms with Crippen LogP contribution in [0.25, 0.3) is 10.8 Å². The third-order valence-corrected chi connectivity index (χ3v) is 6.30. The number of hydrazone groups is 1. The number of nitrogens with one attached hydrogen (secondary N) is 2. The first kappa shape index (κ1) is 24.8. The van der Waals surface area contributed by atoms with E-state index in [0.29, 0.717) is 18.1 Å². The second kappa shape index (κ2) is 11.9. The third kappa shape index (κ3) is 6.61. The fraction of sp³-hybridized carbons (Fsp3) is 0.111. The molecule has 0 aliphatic rings. The van der Waals surface area contributed by atoms with Crippen LogP contribution >= 0.6 is 31.9 Å². The minimum Gasteiger partial charge on any atom is -0.493 e. The Balaban J connectivity index is 1.35. The summed E-state index contributed by atoms with van der Waals surface area (Å²) < 4.78 is 13.2. The summed E-state index contributed by atoms with van der Waals surface area (Å²) in [5.74, 6) is 0.896. The average molecular weight is 597 g/mol. The Hall–Kier alpha value is -3.36. The lowest BCUT2D eigenvalue weighted by Crippen LogP contribution is -2.25. The van der Waals surface area contributed by atoms with E-state index < -0.39 is 0 Å². The van der Waals surface area contributed by atoms with Crippen molar-refractivity contribution in [3.63, 3.8) is 0 Å². The Labute approximate surface area is 220 Å². The Morgan fingerprint density at radius 2 is 1.77 bits per heavy atom. The van der Waals surface area contributed by atoms with Gasteiger partial charge in [-0.15, -0.1) is 0 Å². The summed E-state index contributed by atoms with van der Waals surface area (Å²) >= 11 is 6.97. The molecule has 0 unspecified atom stereocenters. The predicted octanol–water partition coefficient (Wildman–Crippen LogP) is 6.51. The minimum absolute atomic E-state index is 0.0984. The Bertz CT molecular complexity index is 1350. The second-order valence-corrected chi connectivity index (χ2v) is 9.39. The number of fused-ring (bicyclic) bond motifs is 1. The monoisotopic (exact) mass is 595 g/mol. The van der Waals surface area contributed by atoms with Crippen molar-refractivity contribution in [3.8, 4) is 11.5 Å². The van der Waals surface area contributed by atoms with Gasteiger partial charge in [0.25, 0.3) is 5.91 Å². The van der Waals surface area contributed by atoms with Gasteiger partial charge in [-0.05, 0) is 62.8 Å². The number of hydrogen-bond donors (Lipinski definition) is 2. The number of carbonyl (C=O) groups excluding carboxylic acids is 1. The quantitative estimate of drug-likeness (QED) is 0.171. The van der Waals surface area contributed by atoms with Crippen LogP contribution in [-0.4, -0.2) is 25.8 Å². The molecular formula is C27H23Br2N3O3. The topological polar surface area (TPSA) is 72.0 Å². The highest BCUT2D eigenvalue weighted by atomic mass is 79.9. The van der Waals surface area contributed by atoms with Gasteiger partial charge in [-0.3, -0.25) is 4.79 Å². The molecule has 4 aromatic carbocycles. The molecule has 8 heteroatoms. The first-order valence-electron chi connectivity index (χ1n) is 10.8. The lowest BCUT2D eigenvalue weighted by atomic mass is 10.1. The smallest absolute Gasteiger partial charge is 0.259 e. The van der Waals surface area contributed by atoms with E-state index >= 15 is 0 Å². The highest BCUT2D eigenvalue weighted by Gasteiger charge is 2.12. The largest absolute Gasteiger partial charge is 0.493 e. The van der Waals surface area contributed by atoms with Gasteiger partial charge in [0.1, 0.15) is 6.61 Å². The fourth-order valence-electron chi connectivity index (χ4n) is 3.46. The van der Waals surface area contributed by atoms with Crippen LogP contribution in [0, 0.1) is 0 Å². The van der Waals surface area contributed by atoms with Crippen LogP contribution in [0.15, 0.2) is 92.9 Å². The highest BCUT2D eigenvalue weighted by Crippen LogP contribution is 2.37. The maximum Gasteiger partial charge on any atom is 0.259 e. The Morgan fingerprint density at radius 1 is 1.00 bits per heavy atom. The van der Waals surface area contributed by atoms with Crippen molar-refractivity contribution >= 4 is 60.4 Å². The van der Waals surface area contributed by atoms with Crippen LogP contribution in [0.1, 0.15) is 11.1 Å². The maximum absolute atomic E-state index is 12.3. The summed E-state index contributed by atoms with van der Waals surface area (Å²) in [6.07, 6.45) is 1.56. The van der Waals surface area contributed by atoms with Crippen molar-refractivity contribution in [1.29, 1.82) is 0 Å². The number of halogens is 2. The number of hydrogen-bond acceptors (Lipinski definition) is 5. The van der Waals surface area contributed by atoms with Crippen molar-refractivity contribution in [2.24, 2.45) is 5.10 Å². The molecule has 0 saturated carbocycles. The van der Waals surface area contributed by atoms with Crippen LogP contribution in [0.5, 0.6) is 11.5 Å². The van der Waals surface area contributed by atoms with Gasteiger partial charge in [-0.25, -0.2) is 5.43 Å². The van der Waals surface area contributed by atoms with Crippen LogP contribution in [-0.2, 0) is 11.4 Å². The van der Waals surface area contributed by atoms with E-state index in [2.05, 4.69) is 47.7 Å². The van der Waals surface area contributed by atoms with Crippen molar-refractivity contribution in [2.45, 2.75) is 6.61 Å². The molecule has 0 saturated heterocycles. The number of methoxy groups -OCH3 is 1. The number of rotatable bonds is 9. The molecule has 0 heterocycles. The van der Waals surface area contributed by atoms with Gasteiger partial charge < -0.3 is 14.8 Å². The molecule has 4 rings (SSSR count). The van der Waals surface area contributed by atoms with Crippen LogP contribution in [0.2, 0.25) is 0 Å². The van der Waals surface area contributed by atoms with Crippen molar-refractivity contribution in [3.05, 3.63) is 98.9 Å². The molecule has 0 aromatic heterocycles. The van der Waals surface area contributed by atoms with E-state index in [-0.39, 0.29) is 12.5 Å². The van der Waals surface area contributed by atoms with Gasteiger partial charge in [0.05, 0.1) is 24.3 Å². The molecule has 0 fully saturated rings. The van der Waals surface area contributed by atoms with Crippen LogP contribution in [0.3, 0.4) is 0 Å². The van der Waals surface area contributed by atoms with E-state index in [0.717, 1.165) is 36.5 Å². The zero-order valence-electron chi connectivity index (χ0n) is 18.9. The molecule has 4 aromatic rings.